The molecule has 174 valence electrons. The molecule has 0 bridgehead atoms. The van der Waals surface area contributed by atoms with Crippen molar-refractivity contribution >= 4 is 50.7 Å². The minimum Gasteiger partial charge on any atom is -0.357 e. The van der Waals surface area contributed by atoms with Crippen LogP contribution in [0.2, 0.25) is 10.0 Å². The summed E-state index contributed by atoms with van der Waals surface area (Å²) in [6.07, 6.45) is 1.23. The molecular formula is C21H24Cl2FN3O4S. The Kier molecular flexibility index (Phi) is 8.89. The van der Waals surface area contributed by atoms with Gasteiger partial charge < -0.3 is 10.2 Å². The third kappa shape index (κ3) is 6.57. The average molecular weight is 504 g/mol. The van der Waals surface area contributed by atoms with Crippen molar-refractivity contribution in [3.05, 3.63) is 63.9 Å². The van der Waals surface area contributed by atoms with Crippen molar-refractivity contribution < 1.29 is 22.4 Å². The second-order valence-electron chi connectivity index (χ2n) is 7.05. The monoisotopic (exact) mass is 503 g/mol. The number of amides is 2. The lowest BCUT2D eigenvalue weighted by Gasteiger charge is -2.32. The first kappa shape index (κ1) is 25.9. The molecule has 11 heteroatoms. The summed E-state index contributed by atoms with van der Waals surface area (Å²) in [6, 6.07) is 8.86. The molecule has 1 N–H and O–H groups in total. The predicted molar refractivity (Wildman–Crippen MR) is 124 cm³/mol. The van der Waals surface area contributed by atoms with Gasteiger partial charge in [-0.2, -0.15) is 0 Å². The molecule has 2 aromatic carbocycles. The molecular weight excluding hydrogens is 480 g/mol. The van der Waals surface area contributed by atoms with Gasteiger partial charge in [-0.1, -0.05) is 42.3 Å². The number of carbonyl (C=O) groups excluding carboxylic acids is 2. The van der Waals surface area contributed by atoms with Crippen molar-refractivity contribution in [3.8, 4) is 0 Å². The van der Waals surface area contributed by atoms with Crippen LogP contribution in [0.15, 0.2) is 42.5 Å². The molecule has 2 amide bonds. The van der Waals surface area contributed by atoms with Gasteiger partial charge in [-0.3, -0.25) is 13.9 Å². The van der Waals surface area contributed by atoms with E-state index in [2.05, 4.69) is 5.32 Å². The fourth-order valence-corrected chi connectivity index (χ4v) is 4.57. The van der Waals surface area contributed by atoms with E-state index in [1.807, 2.05) is 0 Å². The van der Waals surface area contributed by atoms with Gasteiger partial charge in [0.15, 0.2) is 0 Å². The molecule has 0 spiro atoms. The molecule has 0 aromatic heterocycles. The van der Waals surface area contributed by atoms with E-state index in [0.717, 1.165) is 10.6 Å². The SMILES string of the molecule is CCC(C(=O)NC)N(Cc1ccc(F)cc1)C(=O)CN(c1ccc(Cl)cc1Cl)S(C)(=O)=O. The largest absolute Gasteiger partial charge is 0.357 e. The summed E-state index contributed by atoms with van der Waals surface area (Å²) >= 11 is 12.1. The molecule has 32 heavy (non-hydrogen) atoms. The molecule has 0 heterocycles. The van der Waals surface area contributed by atoms with Gasteiger partial charge in [0.05, 0.1) is 17.0 Å². The van der Waals surface area contributed by atoms with Crippen LogP contribution < -0.4 is 9.62 Å². The highest BCUT2D eigenvalue weighted by Crippen LogP contribution is 2.30. The minimum absolute atomic E-state index is 0.0169. The first-order valence-corrected chi connectivity index (χ1v) is 12.3. The summed E-state index contributed by atoms with van der Waals surface area (Å²) in [7, 11) is -2.46. The van der Waals surface area contributed by atoms with Crippen molar-refractivity contribution in [2.45, 2.75) is 25.9 Å². The molecule has 0 radical (unpaired) electrons. The van der Waals surface area contributed by atoms with Crippen LogP contribution in [0.5, 0.6) is 0 Å². The number of nitrogens with one attached hydrogen (secondary N) is 1. The fraction of sp³-hybridized carbons (Fsp3) is 0.333. The number of likely N-dealkylation sites (N-methyl/N-ethyl adjacent to an activating group) is 1. The highest BCUT2D eigenvalue weighted by atomic mass is 35.5. The topological polar surface area (TPSA) is 86.8 Å². The Balaban J connectivity index is 2.45. The number of hydrogen-bond donors (Lipinski definition) is 1. The number of anilines is 1. The van der Waals surface area contributed by atoms with Crippen molar-refractivity contribution in [2.75, 3.05) is 24.2 Å². The average Bonchev–Trinajstić information content (AvgIpc) is 2.72. The number of benzene rings is 2. The van der Waals surface area contributed by atoms with Gasteiger partial charge >= 0.3 is 0 Å². The number of halogens is 3. The van der Waals surface area contributed by atoms with Crippen LogP contribution in [0.25, 0.3) is 0 Å². The first-order chi connectivity index (χ1) is 15.0. The van der Waals surface area contributed by atoms with Crippen LogP contribution in [0, 0.1) is 5.82 Å². The normalized spacial score (nSPS) is 12.2. The lowest BCUT2D eigenvalue weighted by Crippen LogP contribution is -2.51. The van der Waals surface area contributed by atoms with E-state index < -0.39 is 40.2 Å². The van der Waals surface area contributed by atoms with Gasteiger partial charge in [-0.25, -0.2) is 12.8 Å². The van der Waals surface area contributed by atoms with Gasteiger partial charge in [0.25, 0.3) is 0 Å². The second kappa shape index (κ2) is 11.0. The Bertz CT molecular complexity index is 1080. The molecule has 0 aliphatic heterocycles. The Morgan fingerprint density at radius 1 is 1.12 bits per heavy atom. The number of rotatable bonds is 9. The van der Waals surface area contributed by atoms with Crippen molar-refractivity contribution in [2.24, 2.45) is 0 Å². The molecule has 0 fully saturated rings. The molecule has 0 aliphatic carbocycles. The third-order valence-corrected chi connectivity index (χ3v) is 6.42. The summed E-state index contributed by atoms with van der Waals surface area (Å²) in [5, 5.41) is 2.88. The highest BCUT2D eigenvalue weighted by molar-refractivity contribution is 7.92. The zero-order valence-electron chi connectivity index (χ0n) is 17.8. The molecule has 1 unspecified atom stereocenters. The van der Waals surface area contributed by atoms with E-state index in [4.69, 9.17) is 23.2 Å². The summed E-state index contributed by atoms with van der Waals surface area (Å²) in [4.78, 5) is 27.1. The highest BCUT2D eigenvalue weighted by Gasteiger charge is 2.31. The quantitative estimate of drug-likeness (QED) is 0.567. The Labute approximate surface area is 197 Å². The van der Waals surface area contributed by atoms with E-state index >= 15 is 0 Å². The molecule has 0 saturated carbocycles. The minimum atomic E-state index is -3.91. The standard InChI is InChI=1S/C21H24Cl2FN3O4S/c1-4-18(21(29)25-2)26(12-14-5-8-16(24)9-6-14)20(28)13-27(32(3,30)31)19-10-7-15(22)11-17(19)23/h5-11,18H,4,12-13H2,1-3H3,(H,25,29). The number of hydrogen-bond acceptors (Lipinski definition) is 4. The zero-order valence-corrected chi connectivity index (χ0v) is 20.1. The molecule has 7 nitrogen and oxygen atoms in total. The van der Waals surface area contributed by atoms with E-state index in [0.29, 0.717) is 10.6 Å². The van der Waals surface area contributed by atoms with Crippen molar-refractivity contribution in [1.82, 2.24) is 10.2 Å². The number of carbonyl (C=O) groups is 2. The third-order valence-electron chi connectivity index (χ3n) is 4.76. The maximum absolute atomic E-state index is 13.3. The predicted octanol–water partition coefficient (Wildman–Crippen LogP) is 3.45. The lowest BCUT2D eigenvalue weighted by atomic mass is 10.1. The van der Waals surface area contributed by atoms with E-state index in [-0.39, 0.29) is 23.7 Å². The van der Waals surface area contributed by atoms with Gasteiger partial charge in [0, 0.05) is 18.6 Å². The Morgan fingerprint density at radius 3 is 2.25 bits per heavy atom. The van der Waals surface area contributed by atoms with E-state index in [1.165, 1.54) is 54.4 Å². The molecule has 2 rings (SSSR count). The smallest absolute Gasteiger partial charge is 0.244 e. The van der Waals surface area contributed by atoms with Crippen LogP contribution in [-0.4, -0.2) is 51.0 Å². The molecule has 1 atom stereocenters. The maximum atomic E-state index is 13.3. The molecule has 0 aliphatic rings. The summed E-state index contributed by atoms with van der Waals surface area (Å²) in [6.45, 7) is 1.13. The van der Waals surface area contributed by atoms with Crippen LogP contribution >= 0.6 is 23.2 Å². The summed E-state index contributed by atoms with van der Waals surface area (Å²) < 4.78 is 39.2. The van der Waals surface area contributed by atoms with Gasteiger partial charge in [0.1, 0.15) is 18.4 Å². The van der Waals surface area contributed by atoms with E-state index in [9.17, 15) is 22.4 Å². The second-order valence-corrected chi connectivity index (χ2v) is 9.80. The Morgan fingerprint density at radius 2 is 1.75 bits per heavy atom. The Hall–Kier alpha value is -2.36. The fourth-order valence-electron chi connectivity index (χ4n) is 3.15. The first-order valence-electron chi connectivity index (χ1n) is 9.66. The van der Waals surface area contributed by atoms with Gasteiger partial charge in [-0.15, -0.1) is 0 Å². The molecule has 2 aromatic rings. The zero-order chi connectivity index (χ0) is 24.1. The number of nitrogens with zero attached hydrogens (tertiary/aromatic N) is 2. The van der Waals surface area contributed by atoms with Gasteiger partial charge in [-0.05, 0) is 42.3 Å². The lowest BCUT2D eigenvalue weighted by molar-refractivity contribution is -0.140. The van der Waals surface area contributed by atoms with Crippen molar-refractivity contribution in [3.63, 3.8) is 0 Å². The van der Waals surface area contributed by atoms with E-state index in [1.54, 1.807) is 6.92 Å². The van der Waals surface area contributed by atoms with Crippen LogP contribution in [0.3, 0.4) is 0 Å². The summed E-state index contributed by atoms with van der Waals surface area (Å²) in [5.74, 6) is -1.47. The van der Waals surface area contributed by atoms with Crippen LogP contribution in [-0.2, 0) is 26.2 Å². The van der Waals surface area contributed by atoms with Crippen molar-refractivity contribution in [1.29, 1.82) is 0 Å². The van der Waals surface area contributed by atoms with Crippen LogP contribution in [0.1, 0.15) is 18.9 Å². The maximum Gasteiger partial charge on any atom is 0.244 e. The summed E-state index contributed by atoms with van der Waals surface area (Å²) in [5.41, 5.74) is 0.666. The molecule has 0 saturated heterocycles. The van der Waals surface area contributed by atoms with Gasteiger partial charge in [0.2, 0.25) is 21.8 Å². The number of sulfonamides is 1. The van der Waals surface area contributed by atoms with Crippen LogP contribution in [0.4, 0.5) is 10.1 Å².